The lowest BCUT2D eigenvalue weighted by atomic mass is 9.93. The van der Waals surface area contributed by atoms with E-state index < -0.39 is 5.97 Å². The molecule has 1 rings (SSSR count). The molecule has 0 heterocycles. The van der Waals surface area contributed by atoms with E-state index in [-0.39, 0.29) is 5.92 Å². The van der Waals surface area contributed by atoms with Crippen molar-refractivity contribution in [3.63, 3.8) is 0 Å². The zero-order valence-electron chi connectivity index (χ0n) is 16.9. The van der Waals surface area contributed by atoms with Crippen LogP contribution in [0.1, 0.15) is 70.3 Å². The first-order chi connectivity index (χ1) is 13.2. The molecule has 0 aliphatic heterocycles. The summed E-state index contributed by atoms with van der Waals surface area (Å²) in [5.74, 6) is -0.925. The molecule has 2 nitrogen and oxygen atoms in total. The van der Waals surface area contributed by atoms with Crippen LogP contribution in [0.15, 0.2) is 66.8 Å². The Morgan fingerprint density at radius 1 is 0.889 bits per heavy atom. The summed E-state index contributed by atoms with van der Waals surface area (Å²) in [5, 5.41) is 9.42. The van der Waals surface area contributed by atoms with Crippen molar-refractivity contribution in [1.29, 1.82) is 0 Å². The summed E-state index contributed by atoms with van der Waals surface area (Å²) in [6, 6.07) is 9.94. The highest BCUT2D eigenvalue weighted by Crippen LogP contribution is 2.17. The summed E-state index contributed by atoms with van der Waals surface area (Å²) < 4.78 is 0. The van der Waals surface area contributed by atoms with Gasteiger partial charge in [-0.3, -0.25) is 4.79 Å². The van der Waals surface area contributed by atoms with E-state index in [1.807, 2.05) is 30.3 Å². The molecule has 1 aromatic rings. The normalized spacial score (nSPS) is 13.1. The maximum Gasteiger partial charge on any atom is 0.306 e. The topological polar surface area (TPSA) is 37.3 Å². The lowest BCUT2D eigenvalue weighted by molar-refractivity contribution is -0.142. The molecule has 0 saturated heterocycles. The fourth-order valence-corrected chi connectivity index (χ4v) is 3.04. The Labute approximate surface area is 165 Å². The summed E-state index contributed by atoms with van der Waals surface area (Å²) in [6.07, 6.45) is 23.5. The predicted molar refractivity (Wildman–Crippen MR) is 116 cm³/mol. The van der Waals surface area contributed by atoms with Crippen molar-refractivity contribution in [3.05, 3.63) is 72.4 Å². The first kappa shape index (κ1) is 23.0. The number of aliphatic carboxylic acids is 1. The molecule has 1 atom stereocenters. The Kier molecular flexibility index (Phi) is 13.7. The summed E-state index contributed by atoms with van der Waals surface area (Å²) >= 11 is 0. The van der Waals surface area contributed by atoms with E-state index in [2.05, 4.69) is 43.4 Å². The fourth-order valence-electron chi connectivity index (χ4n) is 3.04. The van der Waals surface area contributed by atoms with Crippen LogP contribution >= 0.6 is 0 Å². The van der Waals surface area contributed by atoms with E-state index in [0.717, 1.165) is 50.5 Å². The summed E-state index contributed by atoms with van der Waals surface area (Å²) in [5.41, 5.74) is 1.12. The Hall–Kier alpha value is -2.09. The molecular formula is C25H36O2. The van der Waals surface area contributed by atoms with Crippen molar-refractivity contribution in [1.82, 2.24) is 0 Å². The number of hydrogen-bond donors (Lipinski definition) is 1. The van der Waals surface area contributed by atoms with Gasteiger partial charge in [0.25, 0.3) is 0 Å². The molecule has 1 unspecified atom stereocenters. The van der Waals surface area contributed by atoms with Gasteiger partial charge in [0.05, 0.1) is 5.92 Å². The van der Waals surface area contributed by atoms with E-state index >= 15 is 0 Å². The van der Waals surface area contributed by atoms with Crippen LogP contribution in [0.2, 0.25) is 0 Å². The van der Waals surface area contributed by atoms with Crippen LogP contribution in [-0.4, -0.2) is 11.1 Å². The number of benzene rings is 1. The lowest BCUT2D eigenvalue weighted by Gasteiger charge is -2.12. The summed E-state index contributed by atoms with van der Waals surface area (Å²) in [4.78, 5) is 11.5. The largest absolute Gasteiger partial charge is 0.481 e. The van der Waals surface area contributed by atoms with Crippen molar-refractivity contribution in [2.75, 3.05) is 0 Å². The zero-order valence-corrected chi connectivity index (χ0v) is 16.9. The minimum absolute atomic E-state index is 0.258. The van der Waals surface area contributed by atoms with Crippen LogP contribution < -0.4 is 0 Å². The van der Waals surface area contributed by atoms with Gasteiger partial charge in [-0.1, -0.05) is 93.0 Å². The first-order valence-electron chi connectivity index (χ1n) is 10.5. The number of carboxylic acid groups (broad SMARTS) is 1. The van der Waals surface area contributed by atoms with Gasteiger partial charge in [0.1, 0.15) is 0 Å². The van der Waals surface area contributed by atoms with Crippen LogP contribution in [0.5, 0.6) is 0 Å². The number of rotatable bonds is 15. The molecule has 2 heteroatoms. The number of hydrogen-bond acceptors (Lipinski definition) is 1. The Balaban J connectivity index is 2.05. The molecule has 0 saturated carbocycles. The van der Waals surface area contributed by atoms with Crippen LogP contribution in [0.3, 0.4) is 0 Å². The molecule has 0 bridgehead atoms. The highest BCUT2D eigenvalue weighted by atomic mass is 16.4. The molecular weight excluding hydrogens is 332 g/mol. The summed E-state index contributed by atoms with van der Waals surface area (Å²) in [7, 11) is 0. The van der Waals surface area contributed by atoms with Gasteiger partial charge in [0, 0.05) is 0 Å². The van der Waals surface area contributed by atoms with E-state index in [0.29, 0.717) is 6.42 Å². The van der Waals surface area contributed by atoms with Gasteiger partial charge in [-0.25, -0.2) is 0 Å². The standard InChI is InChI=1S/C25H36O2/c1-2-3-4-5-6-7-8-9-10-11-12-13-14-18-21-24(25(26)27)22-23-19-16-15-17-20-23/h3-4,6-7,9-10,15-17,19-20,24H,2,5,8,11-14,18,21-22H2,1H3,(H,26,27)/b4-3-,7-6-,10-9-. The van der Waals surface area contributed by atoms with Crippen molar-refractivity contribution >= 4 is 5.97 Å². The average Bonchev–Trinajstić information content (AvgIpc) is 2.68. The quantitative estimate of drug-likeness (QED) is 0.264. The second kappa shape index (κ2) is 16.1. The predicted octanol–water partition coefficient (Wildman–Crippen LogP) is 7.13. The molecule has 1 aromatic carbocycles. The van der Waals surface area contributed by atoms with Gasteiger partial charge in [-0.15, -0.1) is 0 Å². The molecule has 0 spiro atoms. The molecule has 0 radical (unpaired) electrons. The highest BCUT2D eigenvalue weighted by molar-refractivity contribution is 5.70. The summed E-state index contributed by atoms with van der Waals surface area (Å²) in [6.45, 7) is 2.15. The SMILES string of the molecule is CC/C=C\C/C=C\C/C=C\CCCCCCC(Cc1ccccc1)C(=O)O. The number of carboxylic acids is 1. The maximum absolute atomic E-state index is 11.5. The number of unbranched alkanes of at least 4 members (excludes halogenated alkanes) is 4. The van der Waals surface area contributed by atoms with Gasteiger partial charge < -0.3 is 5.11 Å². The minimum Gasteiger partial charge on any atom is -0.481 e. The van der Waals surface area contributed by atoms with Crippen molar-refractivity contribution in [3.8, 4) is 0 Å². The van der Waals surface area contributed by atoms with Gasteiger partial charge in [0.15, 0.2) is 0 Å². The molecule has 27 heavy (non-hydrogen) atoms. The van der Waals surface area contributed by atoms with Crippen molar-refractivity contribution in [2.24, 2.45) is 5.92 Å². The van der Waals surface area contributed by atoms with E-state index in [1.165, 1.54) is 12.8 Å². The van der Waals surface area contributed by atoms with Gasteiger partial charge >= 0.3 is 5.97 Å². The third-order valence-electron chi connectivity index (χ3n) is 4.63. The minimum atomic E-state index is -0.667. The maximum atomic E-state index is 11.5. The third kappa shape index (κ3) is 12.8. The van der Waals surface area contributed by atoms with Gasteiger partial charge in [0.2, 0.25) is 0 Å². The first-order valence-corrected chi connectivity index (χ1v) is 10.5. The van der Waals surface area contributed by atoms with E-state index in [4.69, 9.17) is 0 Å². The zero-order chi connectivity index (χ0) is 19.6. The Bertz CT molecular complexity index is 569. The Morgan fingerprint density at radius 3 is 2.19 bits per heavy atom. The smallest absolute Gasteiger partial charge is 0.306 e. The molecule has 0 aliphatic rings. The second-order valence-corrected chi connectivity index (χ2v) is 7.01. The van der Waals surface area contributed by atoms with Crippen LogP contribution in [0.4, 0.5) is 0 Å². The third-order valence-corrected chi connectivity index (χ3v) is 4.63. The van der Waals surface area contributed by atoms with Crippen LogP contribution in [0, 0.1) is 5.92 Å². The van der Waals surface area contributed by atoms with Crippen LogP contribution in [-0.2, 0) is 11.2 Å². The van der Waals surface area contributed by atoms with Crippen LogP contribution in [0.25, 0.3) is 0 Å². The van der Waals surface area contributed by atoms with E-state index in [1.54, 1.807) is 0 Å². The van der Waals surface area contributed by atoms with Crippen molar-refractivity contribution < 1.29 is 9.90 Å². The van der Waals surface area contributed by atoms with E-state index in [9.17, 15) is 9.90 Å². The van der Waals surface area contributed by atoms with Gasteiger partial charge in [-0.05, 0) is 50.5 Å². The molecule has 0 amide bonds. The van der Waals surface area contributed by atoms with Crippen molar-refractivity contribution in [2.45, 2.75) is 71.1 Å². The Morgan fingerprint density at radius 2 is 1.52 bits per heavy atom. The molecule has 1 N–H and O–H groups in total. The fraction of sp³-hybridized carbons (Fsp3) is 0.480. The average molecular weight is 369 g/mol. The lowest BCUT2D eigenvalue weighted by Crippen LogP contribution is -2.16. The molecule has 0 fully saturated rings. The number of allylic oxidation sites excluding steroid dienone is 6. The monoisotopic (exact) mass is 368 g/mol. The van der Waals surface area contributed by atoms with Gasteiger partial charge in [-0.2, -0.15) is 0 Å². The number of carbonyl (C=O) groups is 1. The highest BCUT2D eigenvalue weighted by Gasteiger charge is 2.17. The second-order valence-electron chi connectivity index (χ2n) is 7.01. The molecule has 0 aliphatic carbocycles. The molecule has 148 valence electrons. The molecule has 0 aromatic heterocycles.